The predicted octanol–water partition coefficient (Wildman–Crippen LogP) is 2.93. The van der Waals surface area contributed by atoms with Gasteiger partial charge in [0, 0.05) is 19.7 Å². The Kier molecular flexibility index (Phi) is 7.03. The second kappa shape index (κ2) is 9.24. The van der Waals surface area contributed by atoms with E-state index in [-0.39, 0.29) is 17.7 Å². The standard InChI is InChI=1S/C19H26N2O5/c1-6-15-10-18(26-20-15)19(22)21(13(2)12-23-3)11-14-7-8-16(24-4)17(9-14)25-5/h7-10,13H,6,11-12H2,1-5H3/t13-/m1/s1. The molecule has 0 spiro atoms. The van der Waals surface area contributed by atoms with Gasteiger partial charge in [-0.25, -0.2) is 0 Å². The number of nitrogens with zero attached hydrogens (tertiary/aromatic N) is 2. The second-order valence-corrected chi connectivity index (χ2v) is 5.96. The first kappa shape index (κ1) is 19.8. The quantitative estimate of drug-likeness (QED) is 0.683. The van der Waals surface area contributed by atoms with Crippen molar-refractivity contribution in [1.29, 1.82) is 0 Å². The first-order valence-corrected chi connectivity index (χ1v) is 8.50. The highest BCUT2D eigenvalue weighted by Gasteiger charge is 2.25. The molecule has 2 aromatic rings. The SMILES string of the molecule is CCc1cc(C(=O)N(Cc2ccc(OC)c(OC)c2)[C@H](C)COC)on1. The number of benzene rings is 1. The number of methoxy groups -OCH3 is 3. The molecule has 1 aromatic heterocycles. The summed E-state index contributed by atoms with van der Waals surface area (Å²) in [6.45, 7) is 4.68. The summed E-state index contributed by atoms with van der Waals surface area (Å²) in [5.41, 5.74) is 1.66. The van der Waals surface area contributed by atoms with Crippen LogP contribution in [0.25, 0.3) is 0 Å². The van der Waals surface area contributed by atoms with E-state index in [1.165, 1.54) is 0 Å². The van der Waals surface area contributed by atoms with Gasteiger partial charge in [-0.2, -0.15) is 0 Å². The van der Waals surface area contributed by atoms with Gasteiger partial charge in [0.2, 0.25) is 5.76 Å². The monoisotopic (exact) mass is 362 g/mol. The maximum absolute atomic E-state index is 13.0. The van der Waals surface area contributed by atoms with Crippen LogP contribution < -0.4 is 9.47 Å². The second-order valence-electron chi connectivity index (χ2n) is 5.96. The van der Waals surface area contributed by atoms with Gasteiger partial charge in [-0.1, -0.05) is 18.1 Å². The number of ether oxygens (including phenoxy) is 3. The molecular formula is C19H26N2O5. The molecule has 1 heterocycles. The van der Waals surface area contributed by atoms with Crippen LogP contribution in [-0.2, 0) is 17.7 Å². The first-order chi connectivity index (χ1) is 12.5. The molecule has 0 aliphatic heterocycles. The van der Waals surface area contributed by atoms with Crippen LogP contribution in [0, 0.1) is 0 Å². The lowest BCUT2D eigenvalue weighted by Gasteiger charge is -2.28. The molecule has 0 aliphatic carbocycles. The number of amides is 1. The molecule has 7 nitrogen and oxygen atoms in total. The first-order valence-electron chi connectivity index (χ1n) is 8.50. The van der Waals surface area contributed by atoms with E-state index in [4.69, 9.17) is 18.7 Å². The molecule has 1 amide bonds. The zero-order valence-corrected chi connectivity index (χ0v) is 15.9. The molecule has 0 N–H and O–H groups in total. The van der Waals surface area contributed by atoms with Crippen LogP contribution in [0.5, 0.6) is 11.5 Å². The van der Waals surface area contributed by atoms with E-state index in [1.807, 2.05) is 32.0 Å². The maximum atomic E-state index is 13.0. The van der Waals surface area contributed by atoms with Crippen molar-refractivity contribution in [1.82, 2.24) is 10.1 Å². The average Bonchev–Trinajstić information content (AvgIpc) is 3.14. The van der Waals surface area contributed by atoms with Crippen LogP contribution >= 0.6 is 0 Å². The summed E-state index contributed by atoms with van der Waals surface area (Å²) in [5, 5.41) is 3.91. The zero-order valence-electron chi connectivity index (χ0n) is 15.9. The highest BCUT2D eigenvalue weighted by Crippen LogP contribution is 2.28. The van der Waals surface area contributed by atoms with Crippen LogP contribution in [0.15, 0.2) is 28.8 Å². The molecule has 1 aromatic carbocycles. The average molecular weight is 362 g/mol. The van der Waals surface area contributed by atoms with Crippen molar-refractivity contribution in [3.05, 3.63) is 41.3 Å². The zero-order chi connectivity index (χ0) is 19.1. The van der Waals surface area contributed by atoms with Gasteiger partial charge in [-0.3, -0.25) is 4.79 Å². The smallest absolute Gasteiger partial charge is 0.293 e. The Hall–Kier alpha value is -2.54. The Labute approximate surface area is 153 Å². The van der Waals surface area contributed by atoms with Gasteiger partial charge in [-0.05, 0) is 31.0 Å². The minimum atomic E-state index is -0.225. The fourth-order valence-electron chi connectivity index (χ4n) is 2.66. The Morgan fingerprint density at radius 1 is 1.19 bits per heavy atom. The molecular weight excluding hydrogens is 336 g/mol. The molecule has 0 saturated heterocycles. The molecule has 0 bridgehead atoms. The fraction of sp³-hybridized carbons (Fsp3) is 0.474. The van der Waals surface area contributed by atoms with E-state index < -0.39 is 0 Å². The number of carbonyl (C=O) groups is 1. The predicted molar refractivity (Wildman–Crippen MR) is 96.6 cm³/mol. The molecule has 2 rings (SSSR count). The maximum Gasteiger partial charge on any atom is 0.293 e. The highest BCUT2D eigenvalue weighted by atomic mass is 16.5. The Morgan fingerprint density at radius 3 is 2.50 bits per heavy atom. The van der Waals surface area contributed by atoms with Gasteiger partial charge in [-0.15, -0.1) is 0 Å². The summed E-state index contributed by atoms with van der Waals surface area (Å²) in [6, 6.07) is 7.12. The van der Waals surface area contributed by atoms with Crippen LogP contribution in [0.3, 0.4) is 0 Å². The van der Waals surface area contributed by atoms with E-state index in [9.17, 15) is 4.79 Å². The number of carbonyl (C=O) groups excluding carboxylic acids is 1. The van der Waals surface area contributed by atoms with Gasteiger partial charge in [0.05, 0.1) is 32.6 Å². The van der Waals surface area contributed by atoms with Gasteiger partial charge >= 0.3 is 0 Å². The van der Waals surface area contributed by atoms with E-state index in [0.29, 0.717) is 31.1 Å². The number of hydrogen-bond donors (Lipinski definition) is 0. The molecule has 0 radical (unpaired) electrons. The van der Waals surface area contributed by atoms with Crippen molar-refractivity contribution < 1.29 is 23.5 Å². The summed E-state index contributed by atoms with van der Waals surface area (Å²) in [6.07, 6.45) is 0.708. The number of aryl methyl sites for hydroxylation is 1. The third-order valence-corrected chi connectivity index (χ3v) is 4.13. The van der Waals surface area contributed by atoms with Crippen molar-refractivity contribution in [2.45, 2.75) is 32.9 Å². The third kappa shape index (κ3) is 4.54. The minimum Gasteiger partial charge on any atom is -0.493 e. The van der Waals surface area contributed by atoms with Crippen molar-refractivity contribution in [2.24, 2.45) is 0 Å². The molecule has 0 saturated carbocycles. The summed E-state index contributed by atoms with van der Waals surface area (Å²) >= 11 is 0. The van der Waals surface area contributed by atoms with Gasteiger partial charge in [0.25, 0.3) is 5.91 Å². The molecule has 0 unspecified atom stereocenters. The number of hydrogen-bond acceptors (Lipinski definition) is 6. The largest absolute Gasteiger partial charge is 0.493 e. The Morgan fingerprint density at radius 2 is 1.92 bits per heavy atom. The molecule has 0 aliphatic rings. The lowest BCUT2D eigenvalue weighted by atomic mass is 10.1. The van der Waals surface area contributed by atoms with Crippen molar-refractivity contribution in [3.63, 3.8) is 0 Å². The van der Waals surface area contributed by atoms with Crippen molar-refractivity contribution >= 4 is 5.91 Å². The molecule has 1 atom stereocenters. The van der Waals surface area contributed by atoms with Gasteiger partial charge in [0.15, 0.2) is 11.5 Å². The van der Waals surface area contributed by atoms with Crippen LogP contribution in [-0.4, -0.2) is 49.9 Å². The van der Waals surface area contributed by atoms with Crippen molar-refractivity contribution in [3.8, 4) is 11.5 Å². The normalized spacial score (nSPS) is 11.9. The van der Waals surface area contributed by atoms with Gasteiger partial charge < -0.3 is 23.6 Å². The summed E-state index contributed by atoms with van der Waals surface area (Å²) in [7, 11) is 4.78. The van der Waals surface area contributed by atoms with Crippen LogP contribution in [0.2, 0.25) is 0 Å². The lowest BCUT2D eigenvalue weighted by Crippen LogP contribution is -2.40. The molecule has 26 heavy (non-hydrogen) atoms. The third-order valence-electron chi connectivity index (χ3n) is 4.13. The van der Waals surface area contributed by atoms with Crippen molar-refractivity contribution in [2.75, 3.05) is 27.9 Å². The van der Waals surface area contributed by atoms with E-state index in [0.717, 1.165) is 11.3 Å². The van der Waals surface area contributed by atoms with Crippen LogP contribution in [0.1, 0.15) is 35.7 Å². The number of aromatic nitrogens is 1. The highest BCUT2D eigenvalue weighted by molar-refractivity contribution is 5.91. The summed E-state index contributed by atoms with van der Waals surface area (Å²) in [4.78, 5) is 14.7. The minimum absolute atomic E-state index is 0.143. The topological polar surface area (TPSA) is 74.0 Å². The summed E-state index contributed by atoms with van der Waals surface area (Å²) < 4.78 is 21.1. The molecule has 7 heteroatoms. The Balaban J connectivity index is 2.28. The Bertz CT molecular complexity index is 728. The number of rotatable bonds is 9. The van der Waals surface area contributed by atoms with E-state index in [1.54, 1.807) is 32.3 Å². The summed E-state index contributed by atoms with van der Waals surface area (Å²) in [5.74, 6) is 1.26. The molecule has 142 valence electrons. The fourth-order valence-corrected chi connectivity index (χ4v) is 2.66. The molecule has 0 fully saturated rings. The van der Waals surface area contributed by atoms with Gasteiger partial charge in [0.1, 0.15) is 0 Å². The van der Waals surface area contributed by atoms with E-state index >= 15 is 0 Å². The lowest BCUT2D eigenvalue weighted by molar-refractivity contribution is 0.0504. The van der Waals surface area contributed by atoms with E-state index in [2.05, 4.69) is 5.16 Å². The van der Waals surface area contributed by atoms with Crippen LogP contribution in [0.4, 0.5) is 0 Å².